The second-order valence-corrected chi connectivity index (χ2v) is 7.98. The first-order chi connectivity index (χ1) is 12.7. The summed E-state index contributed by atoms with van der Waals surface area (Å²) in [5, 5.41) is 2.66. The molecule has 1 aromatic heterocycles. The van der Waals surface area contributed by atoms with Crippen LogP contribution in [0.1, 0.15) is 34.0 Å². The van der Waals surface area contributed by atoms with Gasteiger partial charge in [-0.25, -0.2) is 12.8 Å². The van der Waals surface area contributed by atoms with Gasteiger partial charge in [-0.3, -0.25) is 24.6 Å². The number of carbonyl (C=O) groups is 1. The van der Waals surface area contributed by atoms with Crippen LogP contribution in [0, 0.1) is 12.7 Å². The van der Waals surface area contributed by atoms with Gasteiger partial charge in [0.05, 0.1) is 18.6 Å². The van der Waals surface area contributed by atoms with Gasteiger partial charge in [0.2, 0.25) is 5.78 Å². The molecule has 0 amide bonds. The van der Waals surface area contributed by atoms with Gasteiger partial charge in [-0.05, 0) is 31.6 Å². The van der Waals surface area contributed by atoms with Gasteiger partial charge in [0.25, 0.3) is 5.56 Å². The van der Waals surface area contributed by atoms with E-state index in [0.717, 1.165) is 6.07 Å². The molecular formula is C17H18FN3O5S. The monoisotopic (exact) mass is 395 g/mol. The van der Waals surface area contributed by atoms with Crippen molar-refractivity contribution in [3.05, 3.63) is 56.8 Å². The van der Waals surface area contributed by atoms with Crippen molar-refractivity contribution in [3.63, 3.8) is 0 Å². The third kappa shape index (κ3) is 3.00. The van der Waals surface area contributed by atoms with Crippen LogP contribution in [0.5, 0.6) is 0 Å². The van der Waals surface area contributed by atoms with E-state index in [4.69, 9.17) is 4.84 Å². The fourth-order valence-electron chi connectivity index (χ4n) is 3.12. The number of fused-ring (bicyclic) bond motifs is 1. The third-order valence-corrected chi connectivity index (χ3v) is 6.07. The van der Waals surface area contributed by atoms with Crippen molar-refractivity contribution < 1.29 is 22.4 Å². The van der Waals surface area contributed by atoms with Crippen LogP contribution in [0.4, 0.5) is 4.39 Å². The van der Waals surface area contributed by atoms with Crippen molar-refractivity contribution in [2.75, 3.05) is 12.9 Å². The predicted molar refractivity (Wildman–Crippen MR) is 95.5 cm³/mol. The number of rotatable bonds is 5. The molecule has 0 radical (unpaired) electrons. The largest absolute Gasteiger partial charge is 0.302 e. The van der Waals surface area contributed by atoms with Gasteiger partial charge in [-0.15, -0.1) is 0 Å². The fourth-order valence-corrected chi connectivity index (χ4v) is 4.60. The highest BCUT2D eigenvalue weighted by molar-refractivity contribution is 7.91. The predicted octanol–water partition coefficient (Wildman–Crippen LogP) is 1.15. The lowest BCUT2D eigenvalue weighted by Crippen LogP contribution is -2.25. The van der Waals surface area contributed by atoms with Crippen LogP contribution in [-0.4, -0.2) is 36.8 Å². The molecule has 8 nitrogen and oxygen atoms in total. The number of carbonyl (C=O) groups excluding carboxylic acids is 1. The zero-order valence-corrected chi connectivity index (χ0v) is 15.7. The molecular weight excluding hydrogens is 377 g/mol. The minimum Gasteiger partial charge on any atom is -0.302 e. The number of hydrogen-bond acceptors (Lipinski definition) is 6. The van der Waals surface area contributed by atoms with Crippen LogP contribution in [0.2, 0.25) is 0 Å². The molecule has 2 aromatic rings. The van der Waals surface area contributed by atoms with Crippen LogP contribution in [-0.2, 0) is 21.2 Å². The smallest absolute Gasteiger partial charge is 0.277 e. The Morgan fingerprint density at radius 2 is 2.11 bits per heavy atom. The zero-order chi connectivity index (χ0) is 19.9. The molecule has 2 heterocycles. The minimum absolute atomic E-state index is 0.0257. The summed E-state index contributed by atoms with van der Waals surface area (Å²) in [7, 11) is -2.56. The summed E-state index contributed by atoms with van der Waals surface area (Å²) in [6.07, 6.45) is 2.61. The zero-order valence-electron chi connectivity index (χ0n) is 14.9. The number of H-pyrrole nitrogens is 1. The Labute approximate surface area is 154 Å². The molecule has 144 valence electrons. The third-order valence-electron chi connectivity index (χ3n) is 4.44. The van der Waals surface area contributed by atoms with Crippen LogP contribution < -0.4 is 11.0 Å². The van der Waals surface area contributed by atoms with Crippen molar-refractivity contribution >= 4 is 21.3 Å². The van der Waals surface area contributed by atoms with Crippen LogP contribution in [0.25, 0.3) is 5.70 Å². The number of aryl methyl sites for hydroxylation is 1. The van der Waals surface area contributed by atoms with Crippen molar-refractivity contribution in [3.8, 4) is 0 Å². The molecule has 0 atom stereocenters. The van der Waals surface area contributed by atoms with E-state index in [0.29, 0.717) is 6.54 Å². The summed E-state index contributed by atoms with van der Waals surface area (Å²) in [5.41, 5.74) is 2.26. The molecule has 0 unspecified atom stereocenters. The molecule has 0 fully saturated rings. The molecule has 1 aliphatic heterocycles. The normalized spacial score (nSPS) is 15.2. The minimum atomic E-state index is -3.89. The van der Waals surface area contributed by atoms with Crippen LogP contribution in [0.15, 0.2) is 28.0 Å². The fraction of sp³-hybridized carbons (Fsp3) is 0.294. The molecule has 1 aromatic carbocycles. The van der Waals surface area contributed by atoms with E-state index in [-0.39, 0.29) is 28.0 Å². The van der Waals surface area contributed by atoms with E-state index in [2.05, 4.69) is 10.6 Å². The van der Waals surface area contributed by atoms with Gasteiger partial charge < -0.3 is 5.10 Å². The van der Waals surface area contributed by atoms with Crippen molar-refractivity contribution in [2.24, 2.45) is 0 Å². The Morgan fingerprint density at radius 3 is 2.70 bits per heavy atom. The Balaban J connectivity index is 2.26. The number of ketones is 1. The van der Waals surface area contributed by atoms with Gasteiger partial charge in [0.1, 0.15) is 16.3 Å². The van der Waals surface area contributed by atoms with Crippen LogP contribution in [0.3, 0.4) is 0 Å². The molecule has 10 heteroatoms. The number of aromatic amines is 1. The number of hydrogen-bond donors (Lipinski definition) is 2. The van der Waals surface area contributed by atoms with E-state index >= 15 is 0 Å². The highest BCUT2D eigenvalue weighted by Crippen LogP contribution is 2.35. The van der Waals surface area contributed by atoms with Gasteiger partial charge >= 0.3 is 0 Å². The van der Waals surface area contributed by atoms with Gasteiger partial charge in [-0.2, -0.15) is 0 Å². The van der Waals surface area contributed by atoms with E-state index in [1.165, 1.54) is 31.0 Å². The van der Waals surface area contributed by atoms with E-state index in [9.17, 15) is 22.4 Å². The summed E-state index contributed by atoms with van der Waals surface area (Å²) in [4.78, 5) is 29.5. The molecule has 27 heavy (non-hydrogen) atoms. The highest BCUT2D eigenvalue weighted by Gasteiger charge is 2.33. The molecule has 0 saturated heterocycles. The summed E-state index contributed by atoms with van der Waals surface area (Å²) in [5.74, 6) is -2.13. The summed E-state index contributed by atoms with van der Waals surface area (Å²) in [6, 6.07) is 0.868. The molecule has 0 spiro atoms. The van der Waals surface area contributed by atoms with Crippen molar-refractivity contribution in [2.45, 2.75) is 25.3 Å². The Kier molecular flexibility index (Phi) is 4.79. The standard InChI is InChI=1S/C17H18FN3O5S/c1-4-21-17(23)11(8-19-21)15(22)10-7-12(18)16-14(9(10)2)13(20-26-3)5-6-27(16,24)25/h5,7-8,19-20H,4,6H2,1-3H3. The topological polar surface area (TPSA) is 110 Å². The van der Waals surface area contributed by atoms with Gasteiger partial charge in [0.15, 0.2) is 9.84 Å². The molecule has 3 rings (SSSR count). The second kappa shape index (κ2) is 6.78. The maximum absolute atomic E-state index is 14.8. The summed E-state index contributed by atoms with van der Waals surface area (Å²) >= 11 is 0. The number of halogens is 1. The lowest BCUT2D eigenvalue weighted by atomic mass is 9.94. The van der Waals surface area contributed by atoms with E-state index in [1.54, 1.807) is 6.92 Å². The SMILES string of the molecule is CCn1[nH]cc(C(=O)c2cc(F)c3c(c2C)C(NOC)=CCS3(=O)=O)c1=O. The number of benzene rings is 1. The molecule has 0 bridgehead atoms. The lowest BCUT2D eigenvalue weighted by molar-refractivity contribution is 0.103. The first-order valence-corrected chi connectivity index (χ1v) is 9.76. The highest BCUT2D eigenvalue weighted by atomic mass is 32.2. The first kappa shape index (κ1) is 19.1. The van der Waals surface area contributed by atoms with Gasteiger partial charge in [-0.1, -0.05) is 0 Å². The molecule has 2 N–H and O–H groups in total. The summed E-state index contributed by atoms with van der Waals surface area (Å²) in [6.45, 7) is 3.57. The average molecular weight is 395 g/mol. The Bertz CT molecular complexity index is 1130. The number of hydroxylamine groups is 1. The maximum atomic E-state index is 14.8. The van der Waals surface area contributed by atoms with Crippen molar-refractivity contribution in [1.29, 1.82) is 0 Å². The average Bonchev–Trinajstić information content (AvgIpc) is 2.99. The van der Waals surface area contributed by atoms with Crippen molar-refractivity contribution in [1.82, 2.24) is 15.3 Å². The van der Waals surface area contributed by atoms with Crippen LogP contribution >= 0.6 is 0 Å². The quantitative estimate of drug-likeness (QED) is 0.581. The lowest BCUT2D eigenvalue weighted by Gasteiger charge is -2.22. The van der Waals surface area contributed by atoms with E-state index in [1.807, 2.05) is 0 Å². The molecule has 0 aliphatic carbocycles. The molecule has 1 aliphatic rings. The molecule has 0 saturated carbocycles. The van der Waals surface area contributed by atoms with E-state index < -0.39 is 37.6 Å². The Hall–Kier alpha value is -2.72. The number of aromatic nitrogens is 2. The maximum Gasteiger partial charge on any atom is 0.277 e. The Morgan fingerprint density at radius 1 is 1.41 bits per heavy atom. The van der Waals surface area contributed by atoms with Gasteiger partial charge in [0, 0.05) is 23.9 Å². The first-order valence-electron chi connectivity index (χ1n) is 8.11. The second-order valence-electron chi connectivity index (χ2n) is 6.01. The number of nitrogens with zero attached hydrogens (tertiary/aromatic N) is 1. The summed E-state index contributed by atoms with van der Waals surface area (Å²) < 4.78 is 40.7. The number of nitrogens with one attached hydrogen (secondary N) is 2. The number of sulfone groups is 1.